The van der Waals surface area contributed by atoms with Crippen LogP contribution in [0.3, 0.4) is 0 Å². The van der Waals surface area contributed by atoms with Crippen molar-refractivity contribution >= 4 is 109 Å². The standard InChI is InChI=1S/2C45H27N5/c1-3-28-22-24-46-27-38(28)37(5-1)42-21-14-31-10-13-35(26-43(31)49-42)34-16-19-41-36(25-34)17-20-39(48-41)29-6-8-30(9-7-29)40-18-15-33-12-11-32-4-2-23-47-44(32)45(33)50-40;1-3-28-20-23-46-27-39(28)37(5-1)42-19-13-31-10-11-34(26-43(31)50-42)33-14-17-41-35(25-33)15-18-40(49-41)30-8-6-29(7-9-30)36-21-24-48-45-38(36)16-12-32-4-2-22-47-44(32)45/h2*1-27H. The summed E-state index contributed by atoms with van der Waals surface area (Å²) in [5, 5.41) is 13.3. The maximum absolute atomic E-state index is 5.10. The maximum Gasteiger partial charge on any atom is 0.0972 e. The fraction of sp³-hybridized carbons (Fsp3) is 0. The van der Waals surface area contributed by atoms with Gasteiger partial charge in [-0.05, 0) is 141 Å². The Balaban J connectivity index is 0.000000139. The molecule has 10 aromatic heterocycles. The first-order valence-corrected chi connectivity index (χ1v) is 33.3. The van der Waals surface area contributed by atoms with Gasteiger partial charge in [-0.2, -0.15) is 0 Å². The summed E-state index contributed by atoms with van der Waals surface area (Å²) < 4.78 is 0. The second kappa shape index (κ2) is 24.2. The van der Waals surface area contributed by atoms with Crippen LogP contribution in [0, 0.1) is 0 Å². The van der Waals surface area contributed by atoms with Crippen molar-refractivity contribution in [2.24, 2.45) is 0 Å². The zero-order valence-corrected chi connectivity index (χ0v) is 53.6. The second-order valence-corrected chi connectivity index (χ2v) is 25.2. The first-order chi connectivity index (χ1) is 49.5. The molecule has 20 rings (SSSR count). The number of aromatic nitrogens is 10. The van der Waals surface area contributed by atoms with E-state index in [1.54, 1.807) is 0 Å². The van der Waals surface area contributed by atoms with Gasteiger partial charge in [-0.3, -0.25) is 24.9 Å². The smallest absolute Gasteiger partial charge is 0.0972 e. The third kappa shape index (κ3) is 10.6. The normalized spacial score (nSPS) is 11.6. The van der Waals surface area contributed by atoms with Gasteiger partial charge in [0.15, 0.2) is 0 Å². The van der Waals surface area contributed by atoms with Crippen LogP contribution in [0.4, 0.5) is 0 Å². The van der Waals surface area contributed by atoms with Crippen LogP contribution in [0.2, 0.25) is 0 Å². The van der Waals surface area contributed by atoms with Crippen molar-refractivity contribution in [2.75, 3.05) is 0 Å². The highest BCUT2D eigenvalue weighted by Gasteiger charge is 2.15. The molecule has 20 aromatic rings. The fourth-order valence-electron chi connectivity index (χ4n) is 14.0. The van der Waals surface area contributed by atoms with Crippen molar-refractivity contribution in [3.05, 3.63) is 328 Å². The van der Waals surface area contributed by atoms with E-state index in [0.29, 0.717) is 0 Å². The zero-order chi connectivity index (χ0) is 66.0. The number of hydrogen-bond donors (Lipinski definition) is 0. The third-order valence-corrected chi connectivity index (χ3v) is 19.2. The molecule has 10 nitrogen and oxygen atoms in total. The molecule has 0 saturated heterocycles. The second-order valence-electron chi connectivity index (χ2n) is 25.2. The van der Waals surface area contributed by atoms with Gasteiger partial charge in [0.05, 0.1) is 72.6 Å². The van der Waals surface area contributed by atoms with Crippen LogP contribution >= 0.6 is 0 Å². The molecule has 10 heteroatoms. The highest BCUT2D eigenvalue weighted by molar-refractivity contribution is 6.09. The Bertz CT molecular complexity index is 6620. The van der Waals surface area contributed by atoms with Gasteiger partial charge in [-0.1, -0.05) is 188 Å². The van der Waals surface area contributed by atoms with Crippen LogP contribution in [0.15, 0.2) is 328 Å². The predicted molar refractivity (Wildman–Crippen MR) is 409 cm³/mol. The Labute approximate surface area is 573 Å². The SMILES string of the molecule is c1cc(-c2ccc3ccc(-c4ccc5nc(-c6ccc(-c7ccc8ccc9cccnc9c8n7)cc6)ccc5c4)cc3n2)c2cnccc2c1.c1cc(-c2ccc3ccc(-c4ccc5nc(-c6ccc(-c7ccnc8c7ccc7cccnc78)cc6)ccc5c4)cc3n2)c2cnccc2c1. The summed E-state index contributed by atoms with van der Waals surface area (Å²) in [4.78, 5) is 47.9. The van der Waals surface area contributed by atoms with Crippen molar-refractivity contribution in [2.45, 2.75) is 0 Å². The van der Waals surface area contributed by atoms with Gasteiger partial charge in [-0.25, -0.2) is 24.9 Å². The Morgan fingerprint density at radius 2 is 0.570 bits per heavy atom. The van der Waals surface area contributed by atoms with Crippen LogP contribution in [0.25, 0.3) is 198 Å². The van der Waals surface area contributed by atoms with Gasteiger partial charge in [0, 0.05) is 125 Å². The minimum Gasteiger partial charge on any atom is -0.264 e. The van der Waals surface area contributed by atoms with Crippen molar-refractivity contribution in [1.82, 2.24) is 49.8 Å². The Morgan fingerprint density at radius 3 is 1.12 bits per heavy atom. The molecular weight excluding hydrogens is 1220 g/mol. The van der Waals surface area contributed by atoms with E-state index in [9.17, 15) is 0 Å². The van der Waals surface area contributed by atoms with E-state index in [-0.39, 0.29) is 0 Å². The summed E-state index contributed by atoms with van der Waals surface area (Å²) >= 11 is 0. The van der Waals surface area contributed by atoms with Crippen LogP contribution in [0.1, 0.15) is 0 Å². The molecule has 0 bridgehead atoms. The van der Waals surface area contributed by atoms with Crippen molar-refractivity contribution < 1.29 is 0 Å². The highest BCUT2D eigenvalue weighted by atomic mass is 14.8. The van der Waals surface area contributed by atoms with E-state index < -0.39 is 0 Å². The monoisotopic (exact) mass is 1270 g/mol. The zero-order valence-electron chi connectivity index (χ0n) is 53.6. The van der Waals surface area contributed by atoms with Gasteiger partial charge < -0.3 is 0 Å². The predicted octanol–water partition coefficient (Wildman–Crippen LogP) is 22.2. The maximum atomic E-state index is 5.10. The molecule has 0 aliphatic carbocycles. The summed E-state index contributed by atoms with van der Waals surface area (Å²) in [7, 11) is 0. The lowest BCUT2D eigenvalue weighted by atomic mass is 9.98. The summed E-state index contributed by atoms with van der Waals surface area (Å²) in [6.07, 6.45) is 13.0. The molecule has 0 unspecified atom stereocenters. The highest BCUT2D eigenvalue weighted by Crippen LogP contribution is 2.38. The average molecular weight is 1280 g/mol. The van der Waals surface area contributed by atoms with Crippen molar-refractivity contribution in [3.63, 3.8) is 0 Å². The molecule has 0 radical (unpaired) electrons. The van der Waals surface area contributed by atoms with Gasteiger partial charge in [0.2, 0.25) is 0 Å². The molecule has 0 amide bonds. The Kier molecular flexibility index (Phi) is 14.0. The lowest BCUT2D eigenvalue weighted by Crippen LogP contribution is -1.90. The fourth-order valence-corrected chi connectivity index (χ4v) is 14.0. The van der Waals surface area contributed by atoms with Crippen LogP contribution in [-0.4, -0.2) is 49.8 Å². The molecular formula is C90H54N10. The topological polar surface area (TPSA) is 129 Å². The summed E-state index contributed by atoms with van der Waals surface area (Å²) in [6.45, 7) is 0. The van der Waals surface area contributed by atoms with Gasteiger partial charge in [0.1, 0.15) is 0 Å². The molecule has 0 N–H and O–H groups in total. The minimum absolute atomic E-state index is 0.920. The minimum atomic E-state index is 0.920. The van der Waals surface area contributed by atoms with Crippen LogP contribution < -0.4 is 0 Å². The van der Waals surface area contributed by atoms with Crippen LogP contribution in [-0.2, 0) is 0 Å². The third-order valence-electron chi connectivity index (χ3n) is 19.2. The first-order valence-electron chi connectivity index (χ1n) is 33.3. The molecule has 464 valence electrons. The average Bonchev–Trinajstić information content (AvgIpc) is 0.788. The first kappa shape index (κ1) is 57.7. The number of nitrogens with zero attached hydrogens (tertiary/aromatic N) is 10. The van der Waals surface area contributed by atoms with Crippen molar-refractivity contribution in [3.8, 4) is 89.7 Å². The van der Waals surface area contributed by atoms with Crippen molar-refractivity contribution in [1.29, 1.82) is 0 Å². The molecule has 10 heterocycles. The van der Waals surface area contributed by atoms with E-state index in [0.717, 1.165) is 198 Å². The van der Waals surface area contributed by atoms with Crippen LogP contribution in [0.5, 0.6) is 0 Å². The molecule has 10 aromatic carbocycles. The molecule has 0 spiro atoms. The molecule has 0 atom stereocenters. The van der Waals surface area contributed by atoms with Gasteiger partial charge in [0.25, 0.3) is 0 Å². The van der Waals surface area contributed by atoms with E-state index in [2.05, 4.69) is 286 Å². The number of pyridine rings is 10. The largest absolute Gasteiger partial charge is 0.264 e. The molecule has 0 saturated carbocycles. The molecule has 0 aliphatic rings. The Morgan fingerprint density at radius 1 is 0.180 bits per heavy atom. The molecule has 100 heavy (non-hydrogen) atoms. The Hall–Kier alpha value is -13.7. The number of hydrogen-bond acceptors (Lipinski definition) is 10. The molecule has 0 aliphatic heterocycles. The van der Waals surface area contributed by atoms with E-state index >= 15 is 0 Å². The van der Waals surface area contributed by atoms with E-state index in [4.69, 9.17) is 24.9 Å². The number of fused-ring (bicyclic) bond motifs is 12. The van der Waals surface area contributed by atoms with Gasteiger partial charge >= 0.3 is 0 Å². The lowest BCUT2D eigenvalue weighted by Gasteiger charge is -2.10. The quantitative estimate of drug-likeness (QED) is 0.136. The van der Waals surface area contributed by atoms with Gasteiger partial charge in [-0.15, -0.1) is 0 Å². The summed E-state index contributed by atoms with van der Waals surface area (Å²) in [5.41, 5.74) is 24.3. The lowest BCUT2D eigenvalue weighted by molar-refractivity contribution is 1.35. The summed E-state index contributed by atoms with van der Waals surface area (Å²) in [5.74, 6) is 0. The van der Waals surface area contributed by atoms with E-state index in [1.807, 2.05) is 67.6 Å². The summed E-state index contributed by atoms with van der Waals surface area (Å²) in [6, 6.07) is 99.5. The number of rotatable bonds is 8. The number of benzene rings is 10. The molecule has 0 fully saturated rings. The van der Waals surface area contributed by atoms with E-state index in [1.165, 1.54) is 0 Å².